The number of halogens is 2. The molecule has 2 nitrogen and oxygen atoms in total. The number of nitrogens with two attached hydrogens (primary N) is 1. The van der Waals surface area contributed by atoms with Crippen LogP contribution in [0.4, 0.5) is 0 Å². The van der Waals surface area contributed by atoms with E-state index in [2.05, 4.69) is 80.4 Å². The van der Waals surface area contributed by atoms with E-state index in [-0.39, 0.29) is 6.04 Å². The minimum absolute atomic E-state index is 0.214. The van der Waals surface area contributed by atoms with Crippen LogP contribution in [0.15, 0.2) is 38.6 Å². The van der Waals surface area contributed by atoms with Crippen LogP contribution < -0.4 is 5.73 Å². The summed E-state index contributed by atoms with van der Waals surface area (Å²) in [5, 5.41) is 2.11. The number of nitrogens with zero attached hydrogens (tertiary/aromatic N) is 1. The van der Waals surface area contributed by atoms with Gasteiger partial charge in [-0.3, -0.25) is 4.90 Å². The van der Waals surface area contributed by atoms with Crippen molar-refractivity contribution >= 4 is 43.2 Å². The Kier molecular flexibility index (Phi) is 5.81. The quantitative estimate of drug-likeness (QED) is 0.762. The maximum absolute atomic E-state index is 6.00. The second-order valence-electron chi connectivity index (χ2n) is 4.92. The lowest BCUT2D eigenvalue weighted by molar-refractivity contribution is 0.243. The van der Waals surface area contributed by atoms with Gasteiger partial charge in [0.05, 0.1) is 0 Å². The van der Waals surface area contributed by atoms with Crippen LogP contribution >= 0.6 is 43.2 Å². The Balaban J connectivity index is 2.18. The van der Waals surface area contributed by atoms with Crippen LogP contribution in [0.3, 0.4) is 0 Å². The number of hydrogen-bond donors (Lipinski definition) is 1. The lowest BCUT2D eigenvalue weighted by atomic mass is 10.0. The number of hydrogen-bond acceptors (Lipinski definition) is 3. The summed E-state index contributed by atoms with van der Waals surface area (Å²) in [4.78, 5) is 3.63. The summed E-state index contributed by atoms with van der Waals surface area (Å²) in [5.74, 6) is 0. The van der Waals surface area contributed by atoms with Crippen LogP contribution in [0.2, 0.25) is 0 Å². The van der Waals surface area contributed by atoms with E-state index in [0.29, 0.717) is 6.54 Å². The van der Waals surface area contributed by atoms with Gasteiger partial charge in [0, 0.05) is 38.3 Å². The highest BCUT2D eigenvalue weighted by molar-refractivity contribution is 9.10. The van der Waals surface area contributed by atoms with Crippen molar-refractivity contribution in [3.05, 3.63) is 54.6 Å². The largest absolute Gasteiger partial charge is 0.329 e. The molecule has 0 saturated carbocycles. The first-order chi connectivity index (χ1) is 9.51. The van der Waals surface area contributed by atoms with Crippen molar-refractivity contribution in [2.45, 2.75) is 19.5 Å². The average Bonchev–Trinajstić information content (AvgIpc) is 2.78. The lowest BCUT2D eigenvalue weighted by Gasteiger charge is -2.28. The summed E-state index contributed by atoms with van der Waals surface area (Å²) in [6.07, 6.45) is 0. The summed E-state index contributed by atoms with van der Waals surface area (Å²) in [6.45, 7) is 3.60. The predicted octanol–water partition coefficient (Wildman–Crippen LogP) is 4.71. The molecular weight excluding hydrogens is 400 g/mol. The minimum Gasteiger partial charge on any atom is -0.329 e. The zero-order valence-electron chi connectivity index (χ0n) is 11.6. The maximum Gasteiger partial charge on any atom is 0.0482 e. The Morgan fingerprint density at radius 1 is 1.30 bits per heavy atom. The highest BCUT2D eigenvalue weighted by Crippen LogP contribution is 2.29. The molecule has 2 aromatic rings. The Morgan fingerprint density at radius 3 is 2.60 bits per heavy atom. The third-order valence-corrected chi connectivity index (χ3v) is 5.67. The van der Waals surface area contributed by atoms with Gasteiger partial charge in [-0.1, -0.05) is 28.1 Å². The molecule has 2 rings (SSSR count). The Bertz CT molecular complexity index is 583. The second kappa shape index (κ2) is 7.18. The van der Waals surface area contributed by atoms with E-state index in [4.69, 9.17) is 5.73 Å². The molecule has 108 valence electrons. The van der Waals surface area contributed by atoms with Gasteiger partial charge in [0.1, 0.15) is 0 Å². The second-order valence-corrected chi connectivity index (χ2v) is 7.69. The van der Waals surface area contributed by atoms with Gasteiger partial charge in [-0.25, -0.2) is 0 Å². The van der Waals surface area contributed by atoms with E-state index in [1.807, 2.05) is 0 Å². The van der Waals surface area contributed by atoms with Gasteiger partial charge in [-0.15, -0.1) is 11.3 Å². The molecular formula is C15H18Br2N2S. The van der Waals surface area contributed by atoms with Crippen molar-refractivity contribution in [2.24, 2.45) is 5.73 Å². The standard InChI is InChI=1S/C15H18Br2N2S/c1-10-3-4-13(14(17)5-10)15(7-18)19(2)8-12-6-11(16)9-20-12/h3-6,9,15H,7-8,18H2,1-2H3. The molecule has 2 N–H and O–H groups in total. The fraction of sp³-hybridized carbons (Fsp3) is 0.333. The number of thiophene rings is 1. The van der Waals surface area contributed by atoms with E-state index in [9.17, 15) is 0 Å². The molecule has 0 aliphatic heterocycles. The molecule has 0 bridgehead atoms. The minimum atomic E-state index is 0.214. The summed E-state index contributed by atoms with van der Waals surface area (Å²) in [5.41, 5.74) is 8.50. The molecule has 0 spiro atoms. The SMILES string of the molecule is Cc1ccc(C(CN)N(C)Cc2cc(Br)cs2)c(Br)c1. The average molecular weight is 418 g/mol. The maximum atomic E-state index is 6.00. The Hall–Kier alpha value is -0.200. The summed E-state index contributed by atoms with van der Waals surface area (Å²) in [7, 11) is 2.12. The monoisotopic (exact) mass is 416 g/mol. The first-order valence-electron chi connectivity index (χ1n) is 6.40. The fourth-order valence-corrected chi connectivity index (χ4v) is 4.51. The molecule has 20 heavy (non-hydrogen) atoms. The van der Waals surface area contributed by atoms with Gasteiger partial charge in [0.15, 0.2) is 0 Å². The first-order valence-corrected chi connectivity index (χ1v) is 8.87. The molecule has 1 aromatic heterocycles. The van der Waals surface area contributed by atoms with E-state index in [0.717, 1.165) is 15.5 Å². The van der Waals surface area contributed by atoms with Gasteiger partial charge >= 0.3 is 0 Å². The molecule has 0 fully saturated rings. The van der Waals surface area contributed by atoms with Gasteiger partial charge in [-0.05, 0) is 53.2 Å². The van der Waals surface area contributed by atoms with Gasteiger partial charge < -0.3 is 5.73 Å². The van der Waals surface area contributed by atoms with Crippen LogP contribution in [-0.4, -0.2) is 18.5 Å². The highest BCUT2D eigenvalue weighted by atomic mass is 79.9. The van der Waals surface area contributed by atoms with Crippen molar-refractivity contribution < 1.29 is 0 Å². The van der Waals surface area contributed by atoms with Gasteiger partial charge in [0.2, 0.25) is 0 Å². The van der Waals surface area contributed by atoms with Gasteiger partial charge in [0.25, 0.3) is 0 Å². The molecule has 1 atom stereocenters. The van der Waals surface area contributed by atoms with Crippen LogP contribution in [0.25, 0.3) is 0 Å². The summed E-state index contributed by atoms with van der Waals surface area (Å²) >= 11 is 8.93. The van der Waals surface area contributed by atoms with Crippen molar-refractivity contribution in [1.82, 2.24) is 4.90 Å². The lowest BCUT2D eigenvalue weighted by Crippen LogP contribution is -2.30. The highest BCUT2D eigenvalue weighted by Gasteiger charge is 2.18. The zero-order chi connectivity index (χ0) is 14.7. The fourth-order valence-electron chi connectivity index (χ4n) is 2.24. The van der Waals surface area contributed by atoms with Crippen molar-refractivity contribution in [3.8, 4) is 0 Å². The Labute approximate surface area is 141 Å². The molecule has 1 heterocycles. The predicted molar refractivity (Wildman–Crippen MR) is 94.2 cm³/mol. The first kappa shape index (κ1) is 16.2. The summed E-state index contributed by atoms with van der Waals surface area (Å²) in [6, 6.07) is 8.83. The summed E-state index contributed by atoms with van der Waals surface area (Å²) < 4.78 is 2.28. The number of benzene rings is 1. The normalized spacial score (nSPS) is 12.9. The topological polar surface area (TPSA) is 29.3 Å². The molecule has 0 aliphatic carbocycles. The van der Waals surface area contributed by atoms with Gasteiger partial charge in [-0.2, -0.15) is 0 Å². The smallest absolute Gasteiger partial charge is 0.0482 e. The molecule has 0 saturated heterocycles. The number of rotatable bonds is 5. The third kappa shape index (κ3) is 3.92. The van der Waals surface area contributed by atoms with Crippen molar-refractivity contribution in [3.63, 3.8) is 0 Å². The van der Waals surface area contributed by atoms with E-state index < -0.39 is 0 Å². The molecule has 1 aromatic carbocycles. The molecule has 0 amide bonds. The molecule has 0 aliphatic rings. The number of likely N-dealkylation sites (N-methyl/N-ethyl adjacent to an activating group) is 1. The van der Waals surface area contributed by atoms with E-state index >= 15 is 0 Å². The van der Waals surface area contributed by atoms with Crippen molar-refractivity contribution in [1.29, 1.82) is 0 Å². The molecule has 1 unspecified atom stereocenters. The molecule has 5 heteroatoms. The van der Waals surface area contributed by atoms with Crippen LogP contribution in [-0.2, 0) is 6.54 Å². The van der Waals surface area contributed by atoms with Crippen LogP contribution in [0.1, 0.15) is 22.0 Å². The van der Waals surface area contributed by atoms with Crippen LogP contribution in [0, 0.1) is 6.92 Å². The zero-order valence-corrected chi connectivity index (χ0v) is 15.6. The van der Waals surface area contributed by atoms with Crippen molar-refractivity contribution in [2.75, 3.05) is 13.6 Å². The number of aryl methyl sites for hydroxylation is 1. The third-order valence-electron chi connectivity index (χ3n) is 3.30. The molecule has 0 radical (unpaired) electrons. The van der Waals surface area contributed by atoms with E-state index in [1.165, 1.54) is 16.0 Å². The van der Waals surface area contributed by atoms with E-state index in [1.54, 1.807) is 11.3 Å². The Morgan fingerprint density at radius 2 is 2.05 bits per heavy atom. The van der Waals surface area contributed by atoms with Crippen LogP contribution in [0.5, 0.6) is 0 Å².